The van der Waals surface area contributed by atoms with Crippen molar-refractivity contribution in [3.8, 4) is 0 Å². The number of hydrogen-bond acceptors (Lipinski definition) is 5. The highest BCUT2D eigenvalue weighted by Gasteiger charge is 2.07. The highest BCUT2D eigenvalue weighted by atomic mass is 32.2. The van der Waals surface area contributed by atoms with Crippen molar-refractivity contribution in [2.45, 2.75) is 10.1 Å². The molecule has 0 fully saturated rings. The van der Waals surface area contributed by atoms with Gasteiger partial charge in [-0.1, -0.05) is 0 Å². The maximum atomic E-state index is 11.9. The van der Waals surface area contributed by atoms with E-state index in [4.69, 9.17) is 0 Å². The molecule has 1 aromatic carbocycles. The number of benzene rings is 1. The average molecular weight is 316 g/mol. The minimum atomic E-state index is -0.0926. The van der Waals surface area contributed by atoms with Gasteiger partial charge in [0.05, 0.1) is 5.56 Å². The molecule has 7 heteroatoms. The van der Waals surface area contributed by atoms with Gasteiger partial charge in [-0.25, -0.2) is 0 Å². The predicted octanol–water partition coefficient (Wildman–Crippen LogP) is 3.28. The van der Waals surface area contributed by atoms with E-state index in [-0.39, 0.29) is 5.91 Å². The average Bonchev–Trinajstić information content (AvgIpc) is 3.14. The van der Waals surface area contributed by atoms with Crippen LogP contribution in [0.5, 0.6) is 0 Å². The molecular weight excluding hydrogens is 304 g/mol. The fourth-order valence-electron chi connectivity index (χ4n) is 1.67. The van der Waals surface area contributed by atoms with Crippen LogP contribution in [0.25, 0.3) is 0 Å². The van der Waals surface area contributed by atoms with Crippen molar-refractivity contribution in [1.82, 2.24) is 14.8 Å². The Morgan fingerprint density at radius 3 is 2.71 bits per heavy atom. The van der Waals surface area contributed by atoms with Crippen molar-refractivity contribution in [2.75, 3.05) is 5.32 Å². The van der Waals surface area contributed by atoms with Gasteiger partial charge in [0.2, 0.25) is 0 Å². The lowest BCUT2D eigenvalue weighted by Gasteiger charge is -2.05. The molecule has 1 amide bonds. The van der Waals surface area contributed by atoms with Gasteiger partial charge in [-0.2, -0.15) is 11.3 Å². The summed E-state index contributed by atoms with van der Waals surface area (Å²) >= 11 is 3.03. The summed E-state index contributed by atoms with van der Waals surface area (Å²) in [6.07, 6.45) is 1.66. The van der Waals surface area contributed by atoms with Crippen LogP contribution >= 0.6 is 23.1 Å². The molecule has 2 aromatic heterocycles. The van der Waals surface area contributed by atoms with E-state index >= 15 is 0 Å². The molecule has 0 unspecified atom stereocenters. The standard InChI is InChI=1S/C14H12N4OS2/c1-18-9-15-17-14(18)21-12-4-2-11(3-5-12)16-13(19)10-6-7-20-8-10/h2-9H,1H3,(H,16,19). The molecule has 0 aliphatic heterocycles. The molecule has 0 radical (unpaired) electrons. The molecule has 3 aromatic rings. The number of hydrogen-bond donors (Lipinski definition) is 1. The number of nitrogens with zero attached hydrogens (tertiary/aromatic N) is 3. The third kappa shape index (κ3) is 3.32. The van der Waals surface area contributed by atoms with E-state index in [1.54, 1.807) is 12.4 Å². The summed E-state index contributed by atoms with van der Waals surface area (Å²) in [5.41, 5.74) is 1.45. The number of aryl methyl sites for hydroxylation is 1. The van der Waals surface area contributed by atoms with Crippen LogP contribution in [0, 0.1) is 0 Å². The van der Waals surface area contributed by atoms with E-state index in [1.165, 1.54) is 23.1 Å². The first-order chi connectivity index (χ1) is 10.2. The van der Waals surface area contributed by atoms with Crippen LogP contribution in [-0.2, 0) is 7.05 Å². The number of carbonyl (C=O) groups excluding carboxylic acids is 1. The minimum absolute atomic E-state index is 0.0926. The third-order valence-electron chi connectivity index (χ3n) is 2.77. The van der Waals surface area contributed by atoms with Gasteiger partial charge in [-0.15, -0.1) is 10.2 Å². The van der Waals surface area contributed by atoms with Crippen LogP contribution in [-0.4, -0.2) is 20.7 Å². The van der Waals surface area contributed by atoms with Crippen molar-refractivity contribution < 1.29 is 4.79 Å². The molecule has 0 aliphatic rings. The predicted molar refractivity (Wildman–Crippen MR) is 83.8 cm³/mol. The van der Waals surface area contributed by atoms with Gasteiger partial charge in [-0.05, 0) is 47.5 Å². The SMILES string of the molecule is Cn1cnnc1Sc1ccc(NC(=O)c2ccsc2)cc1. The molecule has 2 heterocycles. The molecule has 3 rings (SSSR count). The van der Waals surface area contributed by atoms with E-state index in [9.17, 15) is 4.79 Å². The van der Waals surface area contributed by atoms with Crippen LogP contribution in [0.2, 0.25) is 0 Å². The molecular formula is C14H12N4OS2. The van der Waals surface area contributed by atoms with Gasteiger partial charge in [0, 0.05) is 23.0 Å². The van der Waals surface area contributed by atoms with Gasteiger partial charge in [0.15, 0.2) is 5.16 Å². The highest BCUT2D eigenvalue weighted by Crippen LogP contribution is 2.26. The van der Waals surface area contributed by atoms with Gasteiger partial charge in [0.1, 0.15) is 6.33 Å². The van der Waals surface area contributed by atoms with Gasteiger partial charge in [0.25, 0.3) is 5.91 Å². The normalized spacial score (nSPS) is 10.5. The Labute approximate surface area is 130 Å². The summed E-state index contributed by atoms with van der Waals surface area (Å²) in [6.45, 7) is 0. The van der Waals surface area contributed by atoms with Crippen molar-refractivity contribution in [1.29, 1.82) is 0 Å². The number of carbonyl (C=O) groups is 1. The summed E-state index contributed by atoms with van der Waals surface area (Å²) in [5, 5.41) is 15.3. The Kier molecular flexibility index (Phi) is 4.03. The van der Waals surface area contributed by atoms with Crippen molar-refractivity contribution in [3.05, 3.63) is 53.0 Å². The smallest absolute Gasteiger partial charge is 0.256 e. The van der Waals surface area contributed by atoms with Gasteiger partial charge in [-0.3, -0.25) is 4.79 Å². The number of anilines is 1. The van der Waals surface area contributed by atoms with Gasteiger partial charge >= 0.3 is 0 Å². The molecule has 0 spiro atoms. The van der Waals surface area contributed by atoms with E-state index in [1.807, 2.05) is 46.6 Å². The number of rotatable bonds is 4. The van der Waals surface area contributed by atoms with Crippen molar-refractivity contribution >= 4 is 34.7 Å². The van der Waals surface area contributed by atoms with Crippen molar-refractivity contribution in [2.24, 2.45) is 7.05 Å². The Bertz CT molecular complexity index is 735. The van der Waals surface area contributed by atoms with Crippen LogP contribution in [0.3, 0.4) is 0 Å². The third-order valence-corrected chi connectivity index (χ3v) is 4.52. The fraction of sp³-hybridized carbons (Fsp3) is 0.0714. The van der Waals surface area contributed by atoms with Crippen molar-refractivity contribution in [3.63, 3.8) is 0 Å². The second kappa shape index (κ2) is 6.11. The number of aromatic nitrogens is 3. The molecule has 0 atom stereocenters. The Morgan fingerprint density at radius 1 is 1.29 bits per heavy atom. The van der Waals surface area contributed by atoms with E-state index in [0.717, 1.165) is 15.7 Å². The second-order valence-corrected chi connectivity index (χ2v) is 6.14. The van der Waals surface area contributed by atoms with Crippen LogP contribution in [0.1, 0.15) is 10.4 Å². The lowest BCUT2D eigenvalue weighted by molar-refractivity contribution is 0.102. The van der Waals surface area contributed by atoms with E-state index in [0.29, 0.717) is 5.56 Å². The molecule has 0 saturated heterocycles. The van der Waals surface area contributed by atoms with E-state index in [2.05, 4.69) is 15.5 Å². The monoisotopic (exact) mass is 316 g/mol. The Morgan fingerprint density at radius 2 is 2.10 bits per heavy atom. The molecule has 106 valence electrons. The summed E-state index contributed by atoms with van der Waals surface area (Å²) in [5.74, 6) is -0.0926. The highest BCUT2D eigenvalue weighted by molar-refractivity contribution is 7.99. The molecule has 0 aliphatic carbocycles. The number of amides is 1. The molecule has 5 nitrogen and oxygen atoms in total. The lowest BCUT2D eigenvalue weighted by Crippen LogP contribution is -2.10. The minimum Gasteiger partial charge on any atom is -0.322 e. The Hall–Kier alpha value is -2.12. The quantitative estimate of drug-likeness (QED) is 0.802. The molecule has 0 bridgehead atoms. The first kappa shape index (κ1) is 13.8. The van der Waals surface area contributed by atoms with Crippen LogP contribution < -0.4 is 5.32 Å². The summed E-state index contributed by atoms with van der Waals surface area (Å²) in [6, 6.07) is 9.45. The maximum Gasteiger partial charge on any atom is 0.256 e. The zero-order valence-corrected chi connectivity index (χ0v) is 12.8. The summed E-state index contributed by atoms with van der Waals surface area (Å²) in [7, 11) is 1.90. The zero-order chi connectivity index (χ0) is 14.7. The summed E-state index contributed by atoms with van der Waals surface area (Å²) < 4.78 is 1.86. The Balaban J connectivity index is 1.67. The number of thiophene rings is 1. The molecule has 21 heavy (non-hydrogen) atoms. The summed E-state index contributed by atoms with van der Waals surface area (Å²) in [4.78, 5) is 13.0. The zero-order valence-electron chi connectivity index (χ0n) is 11.2. The fourth-order valence-corrected chi connectivity index (χ4v) is 3.07. The number of nitrogens with one attached hydrogen (secondary N) is 1. The first-order valence-corrected chi connectivity index (χ1v) is 7.94. The van der Waals surface area contributed by atoms with Crippen LogP contribution in [0.15, 0.2) is 57.5 Å². The maximum absolute atomic E-state index is 11.9. The van der Waals surface area contributed by atoms with E-state index < -0.39 is 0 Å². The lowest BCUT2D eigenvalue weighted by atomic mass is 10.3. The largest absolute Gasteiger partial charge is 0.322 e. The topological polar surface area (TPSA) is 59.8 Å². The van der Waals surface area contributed by atoms with Crippen LogP contribution in [0.4, 0.5) is 5.69 Å². The van der Waals surface area contributed by atoms with Gasteiger partial charge < -0.3 is 9.88 Å². The molecule has 0 saturated carbocycles. The first-order valence-electron chi connectivity index (χ1n) is 6.18. The molecule has 1 N–H and O–H groups in total. The second-order valence-electron chi connectivity index (χ2n) is 4.32.